The Morgan fingerprint density at radius 1 is 1.62 bits per heavy atom. The van der Waals surface area contributed by atoms with E-state index in [0.717, 1.165) is 12.1 Å². The zero-order chi connectivity index (χ0) is 10.0. The van der Waals surface area contributed by atoms with Crippen molar-refractivity contribution in [1.29, 1.82) is 5.26 Å². The first kappa shape index (κ1) is 9.20. The Kier molecular flexibility index (Phi) is 2.29. The second-order valence-corrected chi connectivity index (χ2v) is 2.52. The Morgan fingerprint density at radius 2 is 2.23 bits per heavy atom. The van der Waals surface area contributed by atoms with Gasteiger partial charge in [-0.3, -0.25) is 4.79 Å². The molecular formula is C9H6FNO2. The summed E-state index contributed by atoms with van der Waals surface area (Å²) < 4.78 is 12.7. The van der Waals surface area contributed by atoms with Crippen LogP contribution in [0.5, 0.6) is 5.75 Å². The molecule has 1 N–H and O–H groups in total. The van der Waals surface area contributed by atoms with Gasteiger partial charge in [0.05, 0.1) is 11.1 Å². The maximum atomic E-state index is 12.7. The van der Waals surface area contributed by atoms with Crippen LogP contribution >= 0.6 is 0 Å². The predicted octanol–water partition coefficient (Wildman–Crippen LogP) is 1.61. The lowest BCUT2D eigenvalue weighted by Crippen LogP contribution is -1.96. The molecule has 0 radical (unpaired) electrons. The lowest BCUT2D eigenvalue weighted by Gasteiger charge is -2.01. The average Bonchev–Trinajstić information content (AvgIpc) is 2.08. The maximum Gasteiger partial charge on any atom is 0.163 e. The summed E-state index contributed by atoms with van der Waals surface area (Å²) in [6.07, 6.45) is 0. The summed E-state index contributed by atoms with van der Waals surface area (Å²) >= 11 is 0. The number of nitrogens with zero attached hydrogens (tertiary/aromatic N) is 1. The minimum absolute atomic E-state index is 0.170. The number of aromatic hydroxyl groups is 1. The second kappa shape index (κ2) is 3.23. The summed E-state index contributed by atoms with van der Waals surface area (Å²) in [4.78, 5) is 10.9. The van der Waals surface area contributed by atoms with Gasteiger partial charge in [-0.1, -0.05) is 0 Å². The molecule has 0 aliphatic rings. The van der Waals surface area contributed by atoms with E-state index >= 15 is 0 Å². The Hall–Kier alpha value is -1.89. The third-order valence-corrected chi connectivity index (χ3v) is 1.57. The smallest absolute Gasteiger partial charge is 0.163 e. The van der Waals surface area contributed by atoms with Crippen molar-refractivity contribution in [3.63, 3.8) is 0 Å². The van der Waals surface area contributed by atoms with E-state index < -0.39 is 17.3 Å². The van der Waals surface area contributed by atoms with Crippen molar-refractivity contribution in [2.45, 2.75) is 6.92 Å². The van der Waals surface area contributed by atoms with Crippen LogP contribution in [0.3, 0.4) is 0 Å². The van der Waals surface area contributed by atoms with E-state index in [1.807, 2.05) is 0 Å². The van der Waals surface area contributed by atoms with E-state index in [2.05, 4.69) is 0 Å². The van der Waals surface area contributed by atoms with E-state index in [-0.39, 0.29) is 11.1 Å². The number of phenolic OH excluding ortho intramolecular Hbond substituents is 1. The van der Waals surface area contributed by atoms with Crippen LogP contribution in [0.2, 0.25) is 0 Å². The number of phenols is 1. The molecule has 4 heteroatoms. The van der Waals surface area contributed by atoms with Crippen molar-refractivity contribution in [2.24, 2.45) is 0 Å². The molecule has 1 aromatic rings. The predicted molar refractivity (Wildman–Crippen MR) is 42.8 cm³/mol. The zero-order valence-electron chi connectivity index (χ0n) is 6.84. The summed E-state index contributed by atoms with van der Waals surface area (Å²) in [6.45, 7) is 1.19. The minimum Gasteiger partial charge on any atom is -0.506 e. The summed E-state index contributed by atoms with van der Waals surface area (Å²) in [6, 6.07) is 3.37. The van der Waals surface area contributed by atoms with Gasteiger partial charge in [0.15, 0.2) is 5.78 Å². The Bertz CT molecular complexity index is 407. The normalized spacial score (nSPS) is 9.31. The van der Waals surface area contributed by atoms with Crippen LogP contribution in [0.25, 0.3) is 0 Å². The number of nitriles is 1. The van der Waals surface area contributed by atoms with Gasteiger partial charge in [-0.25, -0.2) is 4.39 Å². The van der Waals surface area contributed by atoms with Crippen LogP contribution in [-0.2, 0) is 0 Å². The van der Waals surface area contributed by atoms with E-state index in [9.17, 15) is 14.3 Å². The number of hydrogen-bond donors (Lipinski definition) is 1. The van der Waals surface area contributed by atoms with Crippen molar-refractivity contribution in [3.05, 3.63) is 29.1 Å². The molecule has 0 aromatic heterocycles. The Labute approximate surface area is 74.0 Å². The Balaban J connectivity index is 3.47. The fourth-order valence-electron chi connectivity index (χ4n) is 0.953. The summed E-state index contributed by atoms with van der Waals surface area (Å²) in [5, 5.41) is 17.7. The van der Waals surface area contributed by atoms with Crippen LogP contribution in [-0.4, -0.2) is 10.9 Å². The first-order valence-corrected chi connectivity index (χ1v) is 3.50. The number of carbonyl (C=O) groups is 1. The first-order chi connectivity index (χ1) is 6.06. The number of carbonyl (C=O) groups excluding carboxylic acids is 1. The van der Waals surface area contributed by atoms with Crippen molar-refractivity contribution < 1.29 is 14.3 Å². The van der Waals surface area contributed by atoms with Gasteiger partial charge in [0.1, 0.15) is 17.6 Å². The van der Waals surface area contributed by atoms with Crippen molar-refractivity contribution >= 4 is 5.78 Å². The van der Waals surface area contributed by atoms with Gasteiger partial charge < -0.3 is 5.11 Å². The molecule has 0 heterocycles. The van der Waals surface area contributed by atoms with E-state index in [1.165, 1.54) is 6.92 Å². The highest BCUT2D eigenvalue weighted by Crippen LogP contribution is 2.23. The third kappa shape index (κ3) is 1.64. The lowest BCUT2D eigenvalue weighted by atomic mass is 10.1. The molecule has 1 aromatic carbocycles. The van der Waals surface area contributed by atoms with Crippen molar-refractivity contribution in [2.75, 3.05) is 0 Å². The molecule has 0 atom stereocenters. The Morgan fingerprint density at radius 3 is 2.69 bits per heavy atom. The quantitative estimate of drug-likeness (QED) is 0.666. The van der Waals surface area contributed by atoms with Crippen LogP contribution in [0.4, 0.5) is 4.39 Å². The highest BCUT2D eigenvalue weighted by Gasteiger charge is 2.12. The first-order valence-electron chi connectivity index (χ1n) is 3.50. The highest BCUT2D eigenvalue weighted by molar-refractivity contribution is 5.97. The number of hydrogen-bond acceptors (Lipinski definition) is 3. The minimum atomic E-state index is -0.709. The van der Waals surface area contributed by atoms with Crippen molar-refractivity contribution in [3.8, 4) is 11.8 Å². The van der Waals surface area contributed by atoms with Crippen LogP contribution in [0.1, 0.15) is 22.8 Å². The molecule has 0 bridgehead atoms. The van der Waals surface area contributed by atoms with Crippen LogP contribution in [0, 0.1) is 17.1 Å². The summed E-state index contributed by atoms with van der Waals surface area (Å²) in [5.74, 6) is -1.65. The van der Waals surface area contributed by atoms with Crippen LogP contribution < -0.4 is 0 Å². The molecule has 0 aliphatic heterocycles. The van der Waals surface area contributed by atoms with Gasteiger partial charge in [-0.05, 0) is 19.1 Å². The SMILES string of the molecule is CC(=O)c1cc(F)cc(C#N)c1O. The standard InChI is InChI=1S/C9H6FNO2/c1-5(12)8-3-7(10)2-6(4-11)9(8)13/h2-3,13H,1H3. The highest BCUT2D eigenvalue weighted by atomic mass is 19.1. The summed E-state index contributed by atoms with van der Waals surface area (Å²) in [5.41, 5.74) is -0.401. The third-order valence-electron chi connectivity index (χ3n) is 1.57. The van der Waals surface area contributed by atoms with E-state index in [0.29, 0.717) is 0 Å². The second-order valence-electron chi connectivity index (χ2n) is 2.52. The molecular weight excluding hydrogens is 173 g/mol. The van der Waals surface area contributed by atoms with Gasteiger partial charge in [-0.2, -0.15) is 5.26 Å². The molecule has 66 valence electrons. The zero-order valence-corrected chi connectivity index (χ0v) is 6.84. The molecule has 0 fully saturated rings. The van der Waals surface area contributed by atoms with Crippen LogP contribution in [0.15, 0.2) is 12.1 Å². The van der Waals surface area contributed by atoms with E-state index in [1.54, 1.807) is 6.07 Å². The molecule has 0 spiro atoms. The average molecular weight is 179 g/mol. The molecule has 13 heavy (non-hydrogen) atoms. The number of benzene rings is 1. The van der Waals surface area contributed by atoms with Gasteiger partial charge in [0.2, 0.25) is 0 Å². The number of halogens is 1. The maximum absolute atomic E-state index is 12.7. The van der Waals surface area contributed by atoms with Gasteiger partial charge in [0, 0.05) is 0 Å². The van der Waals surface area contributed by atoms with Crippen molar-refractivity contribution in [1.82, 2.24) is 0 Å². The number of Topliss-reactive ketones (excluding diaryl/α,β-unsaturated/α-hetero) is 1. The van der Waals surface area contributed by atoms with Gasteiger partial charge in [-0.15, -0.1) is 0 Å². The monoisotopic (exact) mass is 179 g/mol. The topological polar surface area (TPSA) is 61.1 Å². The van der Waals surface area contributed by atoms with Gasteiger partial charge >= 0.3 is 0 Å². The molecule has 3 nitrogen and oxygen atoms in total. The molecule has 0 amide bonds. The number of ketones is 1. The molecule has 0 saturated carbocycles. The fourth-order valence-corrected chi connectivity index (χ4v) is 0.953. The molecule has 1 rings (SSSR count). The lowest BCUT2D eigenvalue weighted by molar-refractivity contribution is 0.101. The largest absolute Gasteiger partial charge is 0.506 e. The van der Waals surface area contributed by atoms with E-state index in [4.69, 9.17) is 5.26 Å². The summed E-state index contributed by atoms with van der Waals surface area (Å²) in [7, 11) is 0. The molecule has 0 aliphatic carbocycles. The molecule has 0 unspecified atom stereocenters. The molecule has 0 saturated heterocycles. The fraction of sp³-hybridized carbons (Fsp3) is 0.111. The van der Waals surface area contributed by atoms with Gasteiger partial charge in [0.25, 0.3) is 0 Å². The number of rotatable bonds is 1.